The third-order valence-electron chi connectivity index (χ3n) is 3.07. The van der Waals surface area contributed by atoms with Crippen LogP contribution in [0.2, 0.25) is 0 Å². The number of nitrogens with zero attached hydrogens (tertiary/aromatic N) is 3. The first-order chi connectivity index (χ1) is 9.47. The fourth-order valence-corrected chi connectivity index (χ4v) is 2.09. The second-order valence-corrected chi connectivity index (χ2v) is 4.83. The molecular formula is C15H17N3O2. The Bertz CT molecular complexity index is 641. The van der Waals surface area contributed by atoms with Crippen LogP contribution in [-0.4, -0.2) is 34.6 Å². The summed E-state index contributed by atoms with van der Waals surface area (Å²) in [7, 11) is 1.70. The first-order valence-electron chi connectivity index (χ1n) is 6.30. The second-order valence-electron chi connectivity index (χ2n) is 4.83. The summed E-state index contributed by atoms with van der Waals surface area (Å²) in [4.78, 5) is 20.7. The van der Waals surface area contributed by atoms with Gasteiger partial charge >= 0.3 is 5.97 Å². The predicted octanol–water partition coefficient (Wildman–Crippen LogP) is 2.28. The maximum absolute atomic E-state index is 10.7. The van der Waals surface area contributed by atoms with Gasteiger partial charge in [0.2, 0.25) is 0 Å². The molecule has 0 aliphatic rings. The molecule has 0 bridgehead atoms. The van der Waals surface area contributed by atoms with Crippen molar-refractivity contribution in [2.45, 2.75) is 13.8 Å². The van der Waals surface area contributed by atoms with Gasteiger partial charge in [0.05, 0.1) is 5.69 Å². The van der Waals surface area contributed by atoms with Crippen molar-refractivity contribution in [3.05, 3.63) is 41.7 Å². The summed E-state index contributed by atoms with van der Waals surface area (Å²) in [6.07, 6.45) is 1.46. The molecule has 1 heterocycles. The van der Waals surface area contributed by atoms with Crippen LogP contribution < -0.4 is 4.90 Å². The van der Waals surface area contributed by atoms with E-state index >= 15 is 0 Å². The second kappa shape index (κ2) is 5.69. The lowest BCUT2D eigenvalue weighted by atomic mass is 10.0. The number of aryl methyl sites for hydroxylation is 2. The third-order valence-corrected chi connectivity index (χ3v) is 3.07. The zero-order chi connectivity index (χ0) is 14.7. The molecule has 2 aromatic rings. The highest BCUT2D eigenvalue weighted by molar-refractivity contribution is 5.74. The van der Waals surface area contributed by atoms with Gasteiger partial charge < -0.3 is 10.0 Å². The molecule has 0 atom stereocenters. The summed E-state index contributed by atoms with van der Waals surface area (Å²) in [5, 5.41) is 8.82. The van der Waals surface area contributed by atoms with Gasteiger partial charge in [-0.3, -0.25) is 4.79 Å². The predicted molar refractivity (Wildman–Crippen MR) is 77.8 cm³/mol. The average molecular weight is 271 g/mol. The van der Waals surface area contributed by atoms with Crippen molar-refractivity contribution in [2.75, 3.05) is 18.5 Å². The van der Waals surface area contributed by atoms with Crippen LogP contribution in [0.25, 0.3) is 11.3 Å². The van der Waals surface area contributed by atoms with Crippen molar-refractivity contribution in [1.29, 1.82) is 0 Å². The van der Waals surface area contributed by atoms with E-state index in [1.165, 1.54) is 11.9 Å². The maximum atomic E-state index is 10.7. The normalized spacial score (nSPS) is 10.3. The zero-order valence-corrected chi connectivity index (χ0v) is 11.8. The Hall–Kier alpha value is -2.43. The lowest BCUT2D eigenvalue weighted by Crippen LogP contribution is -2.25. The molecule has 0 radical (unpaired) electrons. The summed E-state index contributed by atoms with van der Waals surface area (Å²) in [5.74, 6) is -0.295. The van der Waals surface area contributed by atoms with Crippen molar-refractivity contribution in [2.24, 2.45) is 0 Å². The highest BCUT2D eigenvalue weighted by Gasteiger charge is 2.10. The van der Waals surface area contributed by atoms with E-state index in [1.54, 1.807) is 18.0 Å². The number of hydrogen-bond donors (Lipinski definition) is 1. The number of hydrogen-bond acceptors (Lipinski definition) is 4. The van der Waals surface area contributed by atoms with Gasteiger partial charge in [0.1, 0.15) is 18.7 Å². The molecule has 5 nitrogen and oxygen atoms in total. The van der Waals surface area contributed by atoms with Crippen LogP contribution in [0.3, 0.4) is 0 Å². The Morgan fingerprint density at radius 2 is 2.00 bits per heavy atom. The van der Waals surface area contributed by atoms with E-state index < -0.39 is 5.97 Å². The zero-order valence-electron chi connectivity index (χ0n) is 11.8. The van der Waals surface area contributed by atoms with Gasteiger partial charge in [0.15, 0.2) is 0 Å². The number of likely N-dealkylation sites (N-methyl/N-ethyl adjacent to an activating group) is 1. The van der Waals surface area contributed by atoms with Crippen molar-refractivity contribution in [3.8, 4) is 11.3 Å². The molecule has 0 aliphatic heterocycles. The van der Waals surface area contributed by atoms with Gasteiger partial charge in [-0.2, -0.15) is 0 Å². The van der Waals surface area contributed by atoms with Crippen LogP contribution in [-0.2, 0) is 4.79 Å². The minimum absolute atomic E-state index is 0.0939. The van der Waals surface area contributed by atoms with Crippen LogP contribution >= 0.6 is 0 Å². The van der Waals surface area contributed by atoms with Crippen LogP contribution in [0.4, 0.5) is 5.82 Å². The first kappa shape index (κ1) is 14.0. The lowest BCUT2D eigenvalue weighted by Gasteiger charge is -2.16. The molecule has 1 N–H and O–H groups in total. The molecule has 1 aromatic heterocycles. The molecule has 20 heavy (non-hydrogen) atoms. The van der Waals surface area contributed by atoms with Crippen molar-refractivity contribution in [3.63, 3.8) is 0 Å². The Kier molecular flexibility index (Phi) is 3.98. The summed E-state index contributed by atoms with van der Waals surface area (Å²) >= 11 is 0. The fraction of sp³-hybridized carbons (Fsp3) is 0.267. The van der Waals surface area contributed by atoms with Crippen molar-refractivity contribution in [1.82, 2.24) is 9.97 Å². The van der Waals surface area contributed by atoms with E-state index in [0.29, 0.717) is 5.82 Å². The molecule has 0 fully saturated rings. The topological polar surface area (TPSA) is 66.3 Å². The standard InChI is InChI=1S/C15H17N3O2/c1-10-4-5-12(11(2)6-10)13-7-14(17-9-16-13)18(3)8-15(19)20/h4-7,9H,8H2,1-3H3,(H,19,20). The first-order valence-corrected chi connectivity index (χ1v) is 6.30. The summed E-state index contributed by atoms with van der Waals surface area (Å²) < 4.78 is 0. The van der Waals surface area contributed by atoms with Crippen LogP contribution in [0.5, 0.6) is 0 Å². The van der Waals surface area contributed by atoms with E-state index in [-0.39, 0.29) is 6.54 Å². The molecule has 0 saturated carbocycles. The quantitative estimate of drug-likeness (QED) is 0.924. The van der Waals surface area contributed by atoms with Crippen LogP contribution in [0, 0.1) is 13.8 Å². The minimum atomic E-state index is -0.890. The highest BCUT2D eigenvalue weighted by Crippen LogP contribution is 2.24. The summed E-state index contributed by atoms with van der Waals surface area (Å²) in [6, 6.07) is 7.96. The van der Waals surface area contributed by atoms with Gasteiger partial charge in [-0.1, -0.05) is 23.8 Å². The highest BCUT2D eigenvalue weighted by atomic mass is 16.4. The van der Waals surface area contributed by atoms with E-state index in [9.17, 15) is 4.79 Å². The van der Waals surface area contributed by atoms with Gasteiger partial charge in [-0.25, -0.2) is 9.97 Å². The molecule has 104 valence electrons. The Morgan fingerprint density at radius 1 is 1.25 bits per heavy atom. The number of aromatic nitrogens is 2. The lowest BCUT2D eigenvalue weighted by molar-refractivity contribution is -0.135. The van der Waals surface area contributed by atoms with Gasteiger partial charge in [0, 0.05) is 18.7 Å². The molecule has 1 aromatic carbocycles. The molecule has 5 heteroatoms. The largest absolute Gasteiger partial charge is 0.480 e. The number of carboxylic acids is 1. The number of anilines is 1. The average Bonchev–Trinajstić information content (AvgIpc) is 2.38. The Balaban J connectivity index is 2.36. The van der Waals surface area contributed by atoms with Crippen LogP contribution in [0.1, 0.15) is 11.1 Å². The van der Waals surface area contributed by atoms with Crippen molar-refractivity contribution >= 4 is 11.8 Å². The van der Waals surface area contributed by atoms with E-state index in [4.69, 9.17) is 5.11 Å². The van der Waals surface area contributed by atoms with Gasteiger partial charge in [0.25, 0.3) is 0 Å². The minimum Gasteiger partial charge on any atom is -0.480 e. The number of carboxylic acid groups (broad SMARTS) is 1. The number of aliphatic carboxylic acids is 1. The van der Waals surface area contributed by atoms with Gasteiger partial charge in [-0.05, 0) is 19.4 Å². The Morgan fingerprint density at radius 3 is 2.65 bits per heavy atom. The van der Waals surface area contributed by atoms with E-state index in [1.807, 2.05) is 26.0 Å². The monoisotopic (exact) mass is 271 g/mol. The van der Waals surface area contributed by atoms with Gasteiger partial charge in [-0.15, -0.1) is 0 Å². The third kappa shape index (κ3) is 3.12. The summed E-state index contributed by atoms with van der Waals surface area (Å²) in [6.45, 7) is 3.98. The molecule has 0 amide bonds. The molecule has 0 saturated heterocycles. The Labute approximate surface area is 117 Å². The summed E-state index contributed by atoms with van der Waals surface area (Å²) in [5.41, 5.74) is 4.16. The number of carbonyl (C=O) groups is 1. The van der Waals surface area contributed by atoms with E-state index in [2.05, 4.69) is 16.0 Å². The van der Waals surface area contributed by atoms with Crippen molar-refractivity contribution < 1.29 is 9.90 Å². The molecule has 0 aliphatic carbocycles. The number of benzene rings is 1. The number of rotatable bonds is 4. The SMILES string of the molecule is Cc1ccc(-c2cc(N(C)CC(=O)O)ncn2)c(C)c1. The maximum Gasteiger partial charge on any atom is 0.323 e. The smallest absolute Gasteiger partial charge is 0.323 e. The molecule has 2 rings (SSSR count). The molecule has 0 unspecified atom stereocenters. The molecule has 0 spiro atoms. The molecular weight excluding hydrogens is 254 g/mol. The van der Waals surface area contributed by atoms with Crippen LogP contribution in [0.15, 0.2) is 30.6 Å². The van der Waals surface area contributed by atoms with E-state index in [0.717, 1.165) is 16.8 Å². The fourth-order valence-electron chi connectivity index (χ4n) is 2.09.